The Morgan fingerprint density at radius 2 is 1.95 bits per heavy atom. The monoisotopic (exact) mass is 262 g/mol. The Kier molecular flexibility index (Phi) is 4.75. The first-order valence-electron chi connectivity index (χ1n) is 7.38. The van der Waals surface area contributed by atoms with Crippen LogP contribution in [0.15, 0.2) is 6.20 Å². The summed E-state index contributed by atoms with van der Waals surface area (Å²) in [4.78, 5) is 11.4. The zero-order valence-corrected chi connectivity index (χ0v) is 12.6. The molecule has 1 aliphatic carbocycles. The van der Waals surface area contributed by atoms with Crippen molar-refractivity contribution in [3.8, 4) is 0 Å². The summed E-state index contributed by atoms with van der Waals surface area (Å²) in [6.07, 6.45) is 6.85. The number of anilines is 1. The number of hydrogen-bond acceptors (Lipinski definition) is 4. The Morgan fingerprint density at radius 3 is 2.58 bits per heavy atom. The fraction of sp³-hybridized carbons (Fsp3) is 0.733. The summed E-state index contributed by atoms with van der Waals surface area (Å²) in [6, 6.07) is 1.31. The summed E-state index contributed by atoms with van der Waals surface area (Å²) >= 11 is 0. The van der Waals surface area contributed by atoms with Crippen LogP contribution in [0.5, 0.6) is 0 Å². The molecular formula is C15H26N4. The van der Waals surface area contributed by atoms with Gasteiger partial charge in [-0.2, -0.15) is 0 Å². The standard InChI is InChI=1S/C15H26N4/c1-5-16-13-6-8-14(9-7-13)19(4)15-12(3)17-10-11(2)18-15/h10,13-14,16H,5-9H2,1-4H3. The van der Waals surface area contributed by atoms with Gasteiger partial charge in [-0.15, -0.1) is 0 Å². The van der Waals surface area contributed by atoms with Crippen molar-refractivity contribution in [1.82, 2.24) is 15.3 Å². The van der Waals surface area contributed by atoms with Gasteiger partial charge in [-0.3, -0.25) is 4.98 Å². The average molecular weight is 262 g/mol. The smallest absolute Gasteiger partial charge is 0.150 e. The van der Waals surface area contributed by atoms with Gasteiger partial charge in [-0.05, 0) is 46.1 Å². The van der Waals surface area contributed by atoms with Crippen LogP contribution >= 0.6 is 0 Å². The number of nitrogens with zero attached hydrogens (tertiary/aromatic N) is 3. The lowest BCUT2D eigenvalue weighted by atomic mass is 9.90. The Labute approximate surface area is 116 Å². The molecule has 0 radical (unpaired) electrons. The lowest BCUT2D eigenvalue weighted by Crippen LogP contribution is -2.41. The molecule has 0 saturated heterocycles. The molecule has 0 unspecified atom stereocenters. The molecule has 1 fully saturated rings. The highest BCUT2D eigenvalue weighted by molar-refractivity contribution is 5.43. The van der Waals surface area contributed by atoms with Gasteiger partial charge in [0.25, 0.3) is 0 Å². The van der Waals surface area contributed by atoms with Crippen LogP contribution in [0.4, 0.5) is 5.82 Å². The molecule has 4 nitrogen and oxygen atoms in total. The molecule has 4 heteroatoms. The van der Waals surface area contributed by atoms with Crippen molar-refractivity contribution in [2.75, 3.05) is 18.5 Å². The molecule has 2 rings (SSSR count). The number of hydrogen-bond donors (Lipinski definition) is 1. The van der Waals surface area contributed by atoms with E-state index in [1.54, 1.807) is 0 Å². The van der Waals surface area contributed by atoms with Crippen molar-refractivity contribution in [3.05, 3.63) is 17.6 Å². The van der Waals surface area contributed by atoms with Crippen molar-refractivity contribution in [1.29, 1.82) is 0 Å². The topological polar surface area (TPSA) is 41.0 Å². The van der Waals surface area contributed by atoms with E-state index in [9.17, 15) is 0 Å². The maximum Gasteiger partial charge on any atom is 0.150 e. The van der Waals surface area contributed by atoms with E-state index >= 15 is 0 Å². The van der Waals surface area contributed by atoms with Crippen LogP contribution in [0, 0.1) is 13.8 Å². The summed E-state index contributed by atoms with van der Waals surface area (Å²) in [5, 5.41) is 3.56. The molecule has 0 spiro atoms. The van der Waals surface area contributed by atoms with E-state index < -0.39 is 0 Å². The van der Waals surface area contributed by atoms with Crippen molar-refractivity contribution in [2.24, 2.45) is 0 Å². The zero-order chi connectivity index (χ0) is 13.8. The Bertz CT molecular complexity index is 411. The van der Waals surface area contributed by atoms with Crippen molar-refractivity contribution < 1.29 is 0 Å². The van der Waals surface area contributed by atoms with Gasteiger partial charge in [0.15, 0.2) is 0 Å². The number of aromatic nitrogens is 2. The van der Waals surface area contributed by atoms with Crippen LogP contribution in [-0.4, -0.2) is 35.6 Å². The minimum atomic E-state index is 0.602. The highest BCUT2D eigenvalue weighted by Gasteiger charge is 2.25. The largest absolute Gasteiger partial charge is 0.355 e. The normalized spacial score (nSPS) is 23.4. The molecule has 1 aliphatic rings. The molecule has 1 N–H and O–H groups in total. The predicted molar refractivity (Wildman–Crippen MR) is 79.6 cm³/mol. The molecule has 0 amide bonds. The maximum atomic E-state index is 4.65. The van der Waals surface area contributed by atoms with Gasteiger partial charge >= 0.3 is 0 Å². The minimum Gasteiger partial charge on any atom is -0.355 e. The Balaban J connectivity index is 2.01. The van der Waals surface area contributed by atoms with E-state index in [-0.39, 0.29) is 0 Å². The van der Waals surface area contributed by atoms with Gasteiger partial charge in [0.2, 0.25) is 0 Å². The first-order valence-corrected chi connectivity index (χ1v) is 7.38. The fourth-order valence-electron chi connectivity index (χ4n) is 2.99. The van der Waals surface area contributed by atoms with Crippen LogP contribution < -0.4 is 10.2 Å². The van der Waals surface area contributed by atoms with Crippen LogP contribution in [0.25, 0.3) is 0 Å². The van der Waals surface area contributed by atoms with Crippen LogP contribution in [0.1, 0.15) is 44.0 Å². The summed E-state index contributed by atoms with van der Waals surface area (Å²) in [5.74, 6) is 1.05. The second-order valence-corrected chi connectivity index (χ2v) is 5.59. The van der Waals surface area contributed by atoms with Gasteiger partial charge in [-0.25, -0.2) is 4.98 Å². The Hall–Kier alpha value is -1.16. The quantitative estimate of drug-likeness (QED) is 0.905. The minimum absolute atomic E-state index is 0.602. The Morgan fingerprint density at radius 1 is 1.26 bits per heavy atom. The maximum absolute atomic E-state index is 4.65. The fourth-order valence-corrected chi connectivity index (χ4v) is 2.99. The highest BCUT2D eigenvalue weighted by Crippen LogP contribution is 2.26. The van der Waals surface area contributed by atoms with Gasteiger partial charge in [-0.1, -0.05) is 6.92 Å². The van der Waals surface area contributed by atoms with E-state index in [1.807, 2.05) is 20.0 Å². The van der Waals surface area contributed by atoms with Crippen LogP contribution in [-0.2, 0) is 0 Å². The third-order valence-corrected chi connectivity index (χ3v) is 4.12. The first kappa shape index (κ1) is 14.3. The lowest BCUT2D eigenvalue weighted by Gasteiger charge is -2.36. The van der Waals surface area contributed by atoms with Crippen LogP contribution in [0.2, 0.25) is 0 Å². The van der Waals surface area contributed by atoms with Crippen molar-refractivity contribution in [3.63, 3.8) is 0 Å². The second kappa shape index (κ2) is 6.33. The van der Waals surface area contributed by atoms with E-state index in [1.165, 1.54) is 25.7 Å². The van der Waals surface area contributed by atoms with Crippen LogP contribution in [0.3, 0.4) is 0 Å². The lowest BCUT2D eigenvalue weighted by molar-refractivity contribution is 0.340. The summed E-state index contributed by atoms with van der Waals surface area (Å²) in [6.45, 7) is 7.31. The molecule has 0 aliphatic heterocycles. The molecule has 0 atom stereocenters. The van der Waals surface area contributed by atoms with E-state index in [0.29, 0.717) is 12.1 Å². The van der Waals surface area contributed by atoms with Gasteiger partial charge in [0.05, 0.1) is 11.4 Å². The number of aryl methyl sites for hydroxylation is 2. The second-order valence-electron chi connectivity index (χ2n) is 5.59. The third kappa shape index (κ3) is 3.44. The van der Waals surface area contributed by atoms with Crippen molar-refractivity contribution >= 4 is 5.82 Å². The zero-order valence-electron chi connectivity index (χ0n) is 12.6. The molecule has 0 aromatic carbocycles. The highest BCUT2D eigenvalue weighted by atomic mass is 15.2. The average Bonchev–Trinajstić information content (AvgIpc) is 2.42. The molecule has 1 heterocycles. The number of rotatable bonds is 4. The molecule has 1 aromatic rings. The summed E-state index contributed by atoms with van der Waals surface area (Å²) < 4.78 is 0. The molecule has 1 saturated carbocycles. The molecule has 1 aromatic heterocycles. The number of nitrogens with one attached hydrogen (secondary N) is 1. The van der Waals surface area contributed by atoms with E-state index in [2.05, 4.69) is 34.2 Å². The van der Waals surface area contributed by atoms with Gasteiger partial charge in [0, 0.05) is 25.3 Å². The molecule has 106 valence electrons. The van der Waals surface area contributed by atoms with Gasteiger partial charge < -0.3 is 10.2 Å². The third-order valence-electron chi connectivity index (χ3n) is 4.12. The van der Waals surface area contributed by atoms with Crippen molar-refractivity contribution in [2.45, 2.75) is 58.5 Å². The summed E-state index contributed by atoms with van der Waals surface area (Å²) in [7, 11) is 2.16. The molecule has 19 heavy (non-hydrogen) atoms. The van der Waals surface area contributed by atoms with Gasteiger partial charge in [0.1, 0.15) is 5.82 Å². The molecule has 0 bridgehead atoms. The SMILES string of the molecule is CCNC1CCC(N(C)c2nc(C)cnc2C)CC1. The molecular weight excluding hydrogens is 236 g/mol. The first-order chi connectivity index (χ1) is 9.11. The summed E-state index contributed by atoms with van der Waals surface area (Å²) in [5.41, 5.74) is 2.02. The van der Waals surface area contributed by atoms with E-state index in [0.717, 1.165) is 23.8 Å². The predicted octanol–water partition coefficient (Wildman–Crippen LogP) is 2.45. The van der Waals surface area contributed by atoms with E-state index in [4.69, 9.17) is 0 Å².